The van der Waals surface area contributed by atoms with Crippen LogP contribution in [0.4, 0.5) is 10.3 Å². The molecule has 0 saturated carbocycles. The number of anilines is 1. The Bertz CT molecular complexity index is 976. The lowest BCUT2D eigenvalue weighted by Gasteiger charge is -2.13. The van der Waals surface area contributed by atoms with E-state index in [1.165, 1.54) is 23.0 Å². The van der Waals surface area contributed by atoms with Crippen molar-refractivity contribution in [1.82, 2.24) is 20.2 Å². The molecular weight excluding hydrogens is 393 g/mol. The van der Waals surface area contributed by atoms with Crippen LogP contribution in [0.15, 0.2) is 64.9 Å². The molecule has 0 aliphatic heterocycles. The minimum absolute atomic E-state index is 0.0990. The van der Waals surface area contributed by atoms with E-state index in [-0.39, 0.29) is 29.5 Å². The smallest absolute Gasteiger partial charge is 0.264 e. The average Bonchev–Trinajstić information content (AvgIpc) is 3.08. The van der Waals surface area contributed by atoms with Gasteiger partial charge in [0.25, 0.3) is 5.95 Å². The summed E-state index contributed by atoms with van der Waals surface area (Å²) in [5, 5.41) is 15.1. The van der Waals surface area contributed by atoms with Gasteiger partial charge in [-0.2, -0.15) is 5.10 Å². The van der Waals surface area contributed by atoms with E-state index in [9.17, 15) is 9.18 Å². The topological polar surface area (TPSA) is 110 Å². The number of rotatable bonds is 8. The summed E-state index contributed by atoms with van der Waals surface area (Å²) >= 11 is 1.16. The Labute approximate surface area is 171 Å². The standard InChI is InChI=1S/C19H20FN7OS/c1-13(15-5-3-2-4-6-15)23-17(28)12-29-19-26-25-18(27(19)21)24-22-11-14-7-9-16(20)10-8-14/h2-11,13H,12,21H2,1H3,(H,23,28)(H,24,25)/b22-11+. The average molecular weight is 413 g/mol. The molecule has 150 valence electrons. The second-order valence-electron chi connectivity index (χ2n) is 6.09. The summed E-state index contributed by atoms with van der Waals surface area (Å²) in [5.41, 5.74) is 4.40. The van der Waals surface area contributed by atoms with E-state index in [2.05, 4.69) is 26.0 Å². The van der Waals surface area contributed by atoms with Crippen LogP contribution in [0.3, 0.4) is 0 Å². The van der Waals surface area contributed by atoms with Crippen LogP contribution in [0.1, 0.15) is 24.1 Å². The highest BCUT2D eigenvalue weighted by molar-refractivity contribution is 7.99. The highest BCUT2D eigenvalue weighted by Crippen LogP contribution is 2.17. The maximum absolute atomic E-state index is 12.9. The minimum atomic E-state index is -0.319. The summed E-state index contributed by atoms with van der Waals surface area (Å²) in [6, 6.07) is 15.4. The molecule has 1 atom stereocenters. The van der Waals surface area contributed by atoms with Crippen LogP contribution < -0.4 is 16.6 Å². The molecule has 0 saturated heterocycles. The van der Waals surface area contributed by atoms with Gasteiger partial charge < -0.3 is 11.2 Å². The van der Waals surface area contributed by atoms with Crippen molar-refractivity contribution in [1.29, 1.82) is 0 Å². The molecule has 0 fully saturated rings. The lowest BCUT2D eigenvalue weighted by Crippen LogP contribution is -2.28. The van der Waals surface area contributed by atoms with Crippen LogP contribution in [0.2, 0.25) is 0 Å². The van der Waals surface area contributed by atoms with Gasteiger partial charge in [0.05, 0.1) is 18.0 Å². The van der Waals surface area contributed by atoms with Crippen molar-refractivity contribution in [3.63, 3.8) is 0 Å². The van der Waals surface area contributed by atoms with Gasteiger partial charge in [-0.3, -0.25) is 4.79 Å². The Morgan fingerprint density at radius 1 is 1.24 bits per heavy atom. The van der Waals surface area contributed by atoms with Crippen molar-refractivity contribution < 1.29 is 9.18 Å². The molecule has 29 heavy (non-hydrogen) atoms. The number of hydrogen-bond acceptors (Lipinski definition) is 7. The van der Waals surface area contributed by atoms with Gasteiger partial charge in [0.15, 0.2) is 0 Å². The molecule has 2 aromatic carbocycles. The molecule has 0 radical (unpaired) electrons. The minimum Gasteiger partial charge on any atom is -0.349 e. The van der Waals surface area contributed by atoms with Gasteiger partial charge in [0, 0.05) is 0 Å². The van der Waals surface area contributed by atoms with Gasteiger partial charge in [-0.05, 0) is 30.2 Å². The molecular formula is C19H20FN7OS. The largest absolute Gasteiger partial charge is 0.349 e. The van der Waals surface area contributed by atoms with E-state index >= 15 is 0 Å². The Morgan fingerprint density at radius 3 is 2.69 bits per heavy atom. The van der Waals surface area contributed by atoms with Crippen molar-refractivity contribution >= 4 is 29.8 Å². The fraction of sp³-hybridized carbons (Fsp3) is 0.158. The summed E-state index contributed by atoms with van der Waals surface area (Å²) in [5.74, 6) is 5.83. The van der Waals surface area contributed by atoms with Gasteiger partial charge in [0.1, 0.15) is 5.82 Å². The van der Waals surface area contributed by atoms with E-state index < -0.39 is 0 Å². The van der Waals surface area contributed by atoms with E-state index in [0.29, 0.717) is 10.7 Å². The fourth-order valence-electron chi connectivity index (χ4n) is 2.40. The van der Waals surface area contributed by atoms with Crippen molar-refractivity contribution in [2.75, 3.05) is 17.0 Å². The van der Waals surface area contributed by atoms with Gasteiger partial charge in [-0.1, -0.05) is 54.2 Å². The summed E-state index contributed by atoms with van der Waals surface area (Å²) in [4.78, 5) is 12.2. The third-order valence-corrected chi connectivity index (χ3v) is 4.87. The third-order valence-electron chi connectivity index (χ3n) is 3.92. The highest BCUT2D eigenvalue weighted by Gasteiger charge is 2.14. The number of aromatic nitrogens is 3. The predicted octanol–water partition coefficient (Wildman–Crippen LogP) is 2.55. The van der Waals surface area contributed by atoms with Gasteiger partial charge in [-0.25, -0.2) is 14.5 Å². The molecule has 4 N–H and O–H groups in total. The lowest BCUT2D eigenvalue weighted by molar-refractivity contribution is -0.119. The van der Waals surface area contributed by atoms with Gasteiger partial charge in [-0.15, -0.1) is 10.2 Å². The number of amides is 1. The summed E-state index contributed by atoms with van der Waals surface area (Å²) < 4.78 is 14.1. The Kier molecular flexibility index (Phi) is 6.80. The van der Waals surface area contributed by atoms with E-state index in [1.54, 1.807) is 12.1 Å². The van der Waals surface area contributed by atoms with E-state index in [4.69, 9.17) is 5.84 Å². The van der Waals surface area contributed by atoms with Crippen LogP contribution in [0.5, 0.6) is 0 Å². The third kappa shape index (κ3) is 5.79. The Balaban J connectivity index is 1.50. The van der Waals surface area contributed by atoms with Crippen molar-refractivity contribution in [2.45, 2.75) is 18.1 Å². The maximum Gasteiger partial charge on any atom is 0.264 e. The number of nitrogens with two attached hydrogens (primary N) is 1. The first-order valence-corrected chi connectivity index (χ1v) is 9.73. The maximum atomic E-state index is 12.9. The predicted molar refractivity (Wildman–Crippen MR) is 112 cm³/mol. The molecule has 1 amide bonds. The zero-order valence-corrected chi connectivity index (χ0v) is 16.4. The molecule has 1 aromatic heterocycles. The molecule has 1 unspecified atom stereocenters. The van der Waals surface area contributed by atoms with Crippen molar-refractivity contribution in [3.05, 3.63) is 71.5 Å². The Morgan fingerprint density at radius 2 is 1.97 bits per heavy atom. The van der Waals surface area contributed by atoms with Crippen LogP contribution in [-0.4, -0.2) is 32.7 Å². The molecule has 8 nitrogen and oxygen atoms in total. The highest BCUT2D eigenvalue weighted by atomic mass is 32.2. The first kappa shape index (κ1) is 20.3. The number of nitrogens with zero attached hydrogens (tertiary/aromatic N) is 4. The quantitative estimate of drug-likeness (QED) is 0.227. The summed E-state index contributed by atoms with van der Waals surface area (Å²) in [6.45, 7) is 1.92. The number of benzene rings is 2. The van der Waals surface area contributed by atoms with Crippen LogP contribution in [-0.2, 0) is 4.79 Å². The van der Waals surface area contributed by atoms with Gasteiger partial charge >= 0.3 is 0 Å². The number of halogens is 1. The van der Waals surface area contributed by atoms with Crippen LogP contribution >= 0.6 is 11.8 Å². The summed E-state index contributed by atoms with van der Waals surface area (Å²) in [7, 11) is 0. The fourth-order valence-corrected chi connectivity index (χ4v) is 3.07. The first-order chi connectivity index (χ1) is 14.0. The second kappa shape index (κ2) is 9.69. The molecule has 3 aromatic rings. The van der Waals surface area contributed by atoms with E-state index in [1.807, 2.05) is 37.3 Å². The molecule has 0 spiro atoms. The van der Waals surface area contributed by atoms with Crippen LogP contribution in [0.25, 0.3) is 0 Å². The first-order valence-electron chi connectivity index (χ1n) is 8.75. The number of nitrogens with one attached hydrogen (secondary N) is 2. The van der Waals surface area contributed by atoms with Crippen molar-refractivity contribution in [2.24, 2.45) is 5.10 Å². The van der Waals surface area contributed by atoms with Crippen molar-refractivity contribution in [3.8, 4) is 0 Å². The van der Waals surface area contributed by atoms with E-state index in [0.717, 1.165) is 17.3 Å². The number of thioether (sulfide) groups is 1. The molecule has 1 heterocycles. The number of hydrogen-bond donors (Lipinski definition) is 3. The normalized spacial score (nSPS) is 12.1. The lowest BCUT2D eigenvalue weighted by atomic mass is 10.1. The number of hydrazone groups is 1. The molecule has 3 rings (SSSR count). The summed E-state index contributed by atoms with van der Waals surface area (Å²) in [6.07, 6.45) is 1.50. The molecule has 0 aliphatic carbocycles. The zero-order valence-electron chi connectivity index (χ0n) is 15.6. The number of carbonyl (C=O) groups excluding carboxylic acids is 1. The zero-order chi connectivity index (χ0) is 20.6. The number of carbonyl (C=O) groups is 1. The Hall–Kier alpha value is -3.40. The monoisotopic (exact) mass is 413 g/mol. The molecule has 0 aliphatic rings. The molecule has 0 bridgehead atoms. The van der Waals surface area contributed by atoms with Gasteiger partial charge in [0.2, 0.25) is 11.1 Å². The second-order valence-corrected chi connectivity index (χ2v) is 7.03. The van der Waals surface area contributed by atoms with Crippen LogP contribution in [0, 0.1) is 5.82 Å². The number of nitrogen functional groups attached to an aromatic ring is 1. The SMILES string of the molecule is CC(NC(=O)CSc1nnc(N/N=C/c2ccc(F)cc2)n1N)c1ccccc1. The molecule has 10 heteroatoms.